The van der Waals surface area contributed by atoms with Crippen molar-refractivity contribution in [2.75, 3.05) is 6.61 Å². The van der Waals surface area contributed by atoms with Crippen molar-refractivity contribution < 1.29 is 9.53 Å². The summed E-state index contributed by atoms with van der Waals surface area (Å²) in [5.41, 5.74) is 0.687. The number of nitrogens with zero attached hydrogens (tertiary/aromatic N) is 2. The Kier molecular flexibility index (Phi) is 3.77. The van der Waals surface area contributed by atoms with Gasteiger partial charge in [-0.05, 0) is 38.1 Å². The lowest BCUT2D eigenvalue weighted by molar-refractivity contribution is 0.0971. The molecule has 1 heterocycles. The van der Waals surface area contributed by atoms with Crippen LogP contribution in [0.15, 0.2) is 36.7 Å². The lowest BCUT2D eigenvalue weighted by Crippen LogP contribution is -2.11. The second-order valence-corrected chi connectivity index (χ2v) is 3.98. The van der Waals surface area contributed by atoms with E-state index in [1.165, 1.54) is 0 Å². The van der Waals surface area contributed by atoms with Crippen molar-refractivity contribution >= 4 is 5.78 Å². The van der Waals surface area contributed by atoms with Crippen molar-refractivity contribution in [3.8, 4) is 5.75 Å². The van der Waals surface area contributed by atoms with Crippen molar-refractivity contribution in [3.63, 3.8) is 0 Å². The maximum Gasteiger partial charge on any atom is 0.182 e. The molecule has 0 aliphatic rings. The molecule has 0 aliphatic carbocycles. The van der Waals surface area contributed by atoms with Crippen LogP contribution in [-0.4, -0.2) is 21.9 Å². The van der Waals surface area contributed by atoms with Gasteiger partial charge in [0.25, 0.3) is 0 Å². The van der Waals surface area contributed by atoms with Crippen LogP contribution < -0.4 is 4.74 Å². The monoisotopic (exact) mass is 244 g/mol. The minimum Gasteiger partial charge on any atom is -0.494 e. The molecule has 2 rings (SSSR count). The molecule has 0 aliphatic heterocycles. The molecule has 0 saturated carbocycles. The Bertz CT molecular complexity index is 529. The average molecular weight is 244 g/mol. The molecule has 18 heavy (non-hydrogen) atoms. The second-order valence-electron chi connectivity index (χ2n) is 3.98. The van der Waals surface area contributed by atoms with E-state index in [2.05, 4.69) is 4.98 Å². The standard InChI is InChI=1S/C14H16N2O2/c1-3-18-13-6-4-12(5-7-13)14(17)10-16-9-8-15-11(16)2/h4-9H,3,10H2,1-2H3. The zero-order valence-corrected chi connectivity index (χ0v) is 10.6. The topological polar surface area (TPSA) is 44.1 Å². The highest BCUT2D eigenvalue weighted by atomic mass is 16.5. The van der Waals surface area contributed by atoms with Gasteiger partial charge in [-0.3, -0.25) is 4.79 Å². The maximum atomic E-state index is 12.0. The van der Waals surface area contributed by atoms with E-state index in [0.29, 0.717) is 18.7 Å². The number of carbonyl (C=O) groups is 1. The molecule has 0 N–H and O–H groups in total. The van der Waals surface area contributed by atoms with E-state index >= 15 is 0 Å². The number of imidazole rings is 1. The van der Waals surface area contributed by atoms with Gasteiger partial charge in [-0.2, -0.15) is 0 Å². The average Bonchev–Trinajstić information content (AvgIpc) is 2.76. The number of ether oxygens (including phenoxy) is 1. The van der Waals surface area contributed by atoms with Gasteiger partial charge in [0.2, 0.25) is 0 Å². The molecule has 1 aromatic heterocycles. The first kappa shape index (κ1) is 12.4. The summed E-state index contributed by atoms with van der Waals surface area (Å²) in [6.45, 7) is 4.76. The Morgan fingerprint density at radius 3 is 2.61 bits per heavy atom. The summed E-state index contributed by atoms with van der Waals surface area (Å²) < 4.78 is 7.17. The Labute approximate surface area is 106 Å². The molecule has 0 radical (unpaired) electrons. The maximum absolute atomic E-state index is 12.0. The lowest BCUT2D eigenvalue weighted by Gasteiger charge is -2.06. The first-order chi connectivity index (χ1) is 8.70. The van der Waals surface area contributed by atoms with E-state index in [0.717, 1.165) is 11.6 Å². The fourth-order valence-corrected chi connectivity index (χ4v) is 1.72. The summed E-state index contributed by atoms with van der Waals surface area (Å²) in [5, 5.41) is 0. The van der Waals surface area contributed by atoms with Gasteiger partial charge in [-0.15, -0.1) is 0 Å². The number of rotatable bonds is 5. The number of hydrogen-bond donors (Lipinski definition) is 0. The first-order valence-corrected chi connectivity index (χ1v) is 5.94. The van der Waals surface area contributed by atoms with Crippen LogP contribution in [0.5, 0.6) is 5.75 Å². The van der Waals surface area contributed by atoms with Gasteiger partial charge in [0.1, 0.15) is 11.6 Å². The highest BCUT2D eigenvalue weighted by molar-refractivity contribution is 5.96. The number of aryl methyl sites for hydroxylation is 1. The van der Waals surface area contributed by atoms with E-state index in [1.807, 2.05) is 36.7 Å². The van der Waals surface area contributed by atoms with E-state index in [9.17, 15) is 4.79 Å². The summed E-state index contributed by atoms with van der Waals surface area (Å²) in [6, 6.07) is 7.22. The molecule has 0 unspecified atom stereocenters. The molecule has 4 heteroatoms. The SMILES string of the molecule is CCOc1ccc(C(=O)Cn2ccnc2C)cc1. The Morgan fingerprint density at radius 2 is 2.06 bits per heavy atom. The van der Waals surface area contributed by atoms with Crippen molar-refractivity contribution in [2.24, 2.45) is 0 Å². The Hall–Kier alpha value is -2.10. The quantitative estimate of drug-likeness (QED) is 0.759. The molecular formula is C14H16N2O2. The third-order valence-electron chi connectivity index (χ3n) is 2.72. The predicted octanol–water partition coefficient (Wildman–Crippen LogP) is 2.47. The van der Waals surface area contributed by atoms with E-state index in [-0.39, 0.29) is 5.78 Å². The largest absolute Gasteiger partial charge is 0.494 e. The van der Waals surface area contributed by atoms with Crippen LogP contribution in [-0.2, 0) is 6.54 Å². The molecule has 1 aromatic carbocycles. The Balaban J connectivity index is 2.07. The third kappa shape index (κ3) is 2.77. The highest BCUT2D eigenvalue weighted by Gasteiger charge is 2.08. The summed E-state index contributed by atoms with van der Waals surface area (Å²) in [4.78, 5) is 16.1. The van der Waals surface area contributed by atoms with Gasteiger partial charge >= 0.3 is 0 Å². The zero-order chi connectivity index (χ0) is 13.0. The molecule has 2 aromatic rings. The third-order valence-corrected chi connectivity index (χ3v) is 2.72. The van der Waals surface area contributed by atoms with Crippen LogP contribution in [0.3, 0.4) is 0 Å². The predicted molar refractivity (Wildman–Crippen MR) is 68.9 cm³/mol. The fourth-order valence-electron chi connectivity index (χ4n) is 1.72. The molecule has 0 atom stereocenters. The van der Waals surface area contributed by atoms with Crippen LogP contribution in [0.1, 0.15) is 23.1 Å². The molecule has 0 spiro atoms. The van der Waals surface area contributed by atoms with Crippen LogP contribution in [0.25, 0.3) is 0 Å². The van der Waals surface area contributed by atoms with E-state index in [4.69, 9.17) is 4.74 Å². The van der Waals surface area contributed by atoms with Crippen molar-refractivity contribution in [1.82, 2.24) is 9.55 Å². The molecular weight excluding hydrogens is 228 g/mol. The van der Waals surface area contributed by atoms with Gasteiger partial charge < -0.3 is 9.30 Å². The summed E-state index contributed by atoms with van der Waals surface area (Å²) >= 11 is 0. The molecule has 0 amide bonds. The van der Waals surface area contributed by atoms with Crippen LogP contribution >= 0.6 is 0 Å². The number of carbonyl (C=O) groups excluding carboxylic acids is 1. The normalized spacial score (nSPS) is 10.3. The highest BCUT2D eigenvalue weighted by Crippen LogP contribution is 2.13. The van der Waals surface area contributed by atoms with Gasteiger partial charge in [0.05, 0.1) is 13.2 Å². The smallest absolute Gasteiger partial charge is 0.182 e. The second kappa shape index (κ2) is 5.49. The van der Waals surface area contributed by atoms with Crippen molar-refractivity contribution in [3.05, 3.63) is 48.0 Å². The van der Waals surface area contributed by atoms with Crippen molar-refractivity contribution in [1.29, 1.82) is 0 Å². The van der Waals surface area contributed by atoms with Crippen LogP contribution in [0, 0.1) is 6.92 Å². The minimum absolute atomic E-state index is 0.0687. The molecule has 0 bridgehead atoms. The molecule has 94 valence electrons. The van der Waals surface area contributed by atoms with Crippen LogP contribution in [0.4, 0.5) is 0 Å². The summed E-state index contributed by atoms with van der Waals surface area (Å²) in [5.74, 6) is 1.70. The number of hydrogen-bond acceptors (Lipinski definition) is 3. The summed E-state index contributed by atoms with van der Waals surface area (Å²) in [7, 11) is 0. The van der Waals surface area contributed by atoms with Crippen molar-refractivity contribution in [2.45, 2.75) is 20.4 Å². The summed E-state index contributed by atoms with van der Waals surface area (Å²) in [6.07, 6.45) is 3.50. The molecule has 0 fully saturated rings. The Morgan fingerprint density at radius 1 is 1.33 bits per heavy atom. The van der Waals surface area contributed by atoms with Gasteiger partial charge in [-0.1, -0.05) is 0 Å². The van der Waals surface area contributed by atoms with Gasteiger partial charge in [-0.25, -0.2) is 4.98 Å². The minimum atomic E-state index is 0.0687. The zero-order valence-electron chi connectivity index (χ0n) is 10.6. The number of Topliss-reactive ketones (excluding diaryl/α,β-unsaturated/α-hetero) is 1. The van der Waals surface area contributed by atoms with Gasteiger partial charge in [0, 0.05) is 18.0 Å². The lowest BCUT2D eigenvalue weighted by atomic mass is 10.1. The number of benzene rings is 1. The molecule has 4 nitrogen and oxygen atoms in total. The van der Waals surface area contributed by atoms with Crippen LogP contribution in [0.2, 0.25) is 0 Å². The van der Waals surface area contributed by atoms with Gasteiger partial charge in [0.15, 0.2) is 5.78 Å². The van der Waals surface area contributed by atoms with E-state index in [1.54, 1.807) is 18.3 Å². The van der Waals surface area contributed by atoms with E-state index < -0.39 is 0 Å². The first-order valence-electron chi connectivity index (χ1n) is 5.94. The molecule has 0 saturated heterocycles. The number of ketones is 1. The number of aromatic nitrogens is 2. The fraction of sp³-hybridized carbons (Fsp3) is 0.286.